The van der Waals surface area contributed by atoms with Crippen LogP contribution in [-0.4, -0.2) is 12.6 Å². The van der Waals surface area contributed by atoms with Gasteiger partial charge in [0, 0.05) is 6.42 Å². The highest BCUT2D eigenvalue weighted by Crippen LogP contribution is 2.09. The van der Waals surface area contributed by atoms with Crippen LogP contribution in [0, 0.1) is 0 Å². The van der Waals surface area contributed by atoms with E-state index in [1.54, 1.807) is 0 Å². The number of rotatable bonds is 29. The first-order valence-corrected chi connectivity index (χ1v) is 16.9. The number of esters is 1. The van der Waals surface area contributed by atoms with Gasteiger partial charge in [-0.3, -0.25) is 4.79 Å². The van der Waals surface area contributed by atoms with Crippen molar-refractivity contribution in [3.63, 3.8) is 0 Å². The Kier molecular flexibility index (Phi) is 33.1. The van der Waals surface area contributed by atoms with E-state index in [-0.39, 0.29) is 5.97 Å². The average Bonchev–Trinajstić information content (AvgIpc) is 2.96. The smallest absolute Gasteiger partial charge is 0.305 e. The van der Waals surface area contributed by atoms with E-state index in [0.29, 0.717) is 13.0 Å². The summed E-state index contributed by atoms with van der Waals surface area (Å²) in [5.41, 5.74) is 0. The molecule has 0 N–H and O–H groups in total. The molecule has 0 bridgehead atoms. The van der Waals surface area contributed by atoms with Crippen LogP contribution < -0.4 is 0 Å². The third-order valence-electron chi connectivity index (χ3n) is 6.82. The van der Waals surface area contributed by atoms with Crippen LogP contribution in [0.5, 0.6) is 0 Å². The Morgan fingerprint density at radius 2 is 0.775 bits per heavy atom. The van der Waals surface area contributed by atoms with Gasteiger partial charge in [-0.2, -0.15) is 0 Å². The summed E-state index contributed by atoms with van der Waals surface area (Å²) in [5, 5.41) is 0. The molecule has 228 valence electrons. The third kappa shape index (κ3) is 33.9. The molecule has 0 radical (unpaired) electrons. The highest BCUT2D eigenvalue weighted by molar-refractivity contribution is 5.69. The van der Waals surface area contributed by atoms with Crippen molar-refractivity contribution in [3.8, 4) is 0 Å². The Morgan fingerprint density at radius 3 is 1.23 bits per heavy atom. The first-order valence-electron chi connectivity index (χ1n) is 16.9. The van der Waals surface area contributed by atoms with E-state index in [4.69, 9.17) is 4.74 Å². The maximum absolute atomic E-state index is 11.9. The van der Waals surface area contributed by atoms with E-state index >= 15 is 0 Å². The third-order valence-corrected chi connectivity index (χ3v) is 6.82. The van der Waals surface area contributed by atoms with Gasteiger partial charge in [0.2, 0.25) is 0 Å². The van der Waals surface area contributed by atoms with Gasteiger partial charge in [-0.05, 0) is 83.5 Å². The molecule has 0 atom stereocenters. The lowest BCUT2D eigenvalue weighted by Gasteiger charge is -2.04. The monoisotopic (exact) mass is 552 g/mol. The Morgan fingerprint density at radius 1 is 0.425 bits per heavy atom. The summed E-state index contributed by atoms with van der Waals surface area (Å²) < 4.78 is 5.39. The van der Waals surface area contributed by atoms with Crippen molar-refractivity contribution in [2.45, 2.75) is 155 Å². The molecule has 2 heteroatoms. The molecule has 0 spiro atoms. The molecule has 0 aromatic carbocycles. The van der Waals surface area contributed by atoms with Crippen LogP contribution in [0.15, 0.2) is 72.9 Å². The van der Waals surface area contributed by atoms with Crippen molar-refractivity contribution in [2.75, 3.05) is 6.61 Å². The van der Waals surface area contributed by atoms with Crippen LogP contribution in [0.4, 0.5) is 0 Å². The fourth-order valence-electron chi connectivity index (χ4n) is 4.27. The molecule has 0 aromatic rings. The molecule has 0 aliphatic heterocycles. The Labute approximate surface area is 249 Å². The quantitative estimate of drug-likeness (QED) is 0.0524. The van der Waals surface area contributed by atoms with E-state index < -0.39 is 0 Å². The largest absolute Gasteiger partial charge is 0.466 e. The number of carbonyl (C=O) groups is 1. The Balaban J connectivity index is 3.41. The van der Waals surface area contributed by atoms with Gasteiger partial charge in [-0.15, -0.1) is 0 Å². The summed E-state index contributed by atoms with van der Waals surface area (Å²) in [5.74, 6) is -0.0431. The zero-order valence-corrected chi connectivity index (χ0v) is 26.5. The molecule has 0 fully saturated rings. The van der Waals surface area contributed by atoms with Crippen LogP contribution in [0.25, 0.3) is 0 Å². The second-order valence-electron chi connectivity index (χ2n) is 10.8. The summed E-state index contributed by atoms with van der Waals surface area (Å²) in [7, 11) is 0. The predicted molar refractivity (Wildman–Crippen MR) is 179 cm³/mol. The molecule has 40 heavy (non-hydrogen) atoms. The molecular weight excluding hydrogens is 488 g/mol. The Bertz CT molecular complexity index is 692. The molecule has 0 aromatic heterocycles. The average molecular weight is 553 g/mol. The SMILES string of the molecule is CCCCC/C=C\C/C=C\C/C=C\C/C=C\CCCC(=O)OCCCCCCCC/C=C/C/C=C\CCCCC. The fraction of sp³-hybridized carbons (Fsp3) is 0.658. The van der Waals surface area contributed by atoms with Gasteiger partial charge < -0.3 is 4.74 Å². The van der Waals surface area contributed by atoms with Gasteiger partial charge >= 0.3 is 5.97 Å². The van der Waals surface area contributed by atoms with E-state index in [1.165, 1.54) is 83.5 Å². The van der Waals surface area contributed by atoms with Gasteiger partial charge in [0.25, 0.3) is 0 Å². The van der Waals surface area contributed by atoms with Crippen LogP contribution >= 0.6 is 0 Å². The van der Waals surface area contributed by atoms with Crippen LogP contribution in [0.3, 0.4) is 0 Å². The fourth-order valence-corrected chi connectivity index (χ4v) is 4.27. The first kappa shape index (κ1) is 37.9. The predicted octanol–water partition coefficient (Wildman–Crippen LogP) is 12.5. The molecule has 0 aliphatic carbocycles. The molecule has 2 nitrogen and oxygen atoms in total. The summed E-state index contributed by atoms with van der Waals surface area (Å²) in [4.78, 5) is 11.9. The van der Waals surface area contributed by atoms with E-state index in [2.05, 4.69) is 86.8 Å². The lowest BCUT2D eigenvalue weighted by Crippen LogP contribution is -2.05. The zero-order valence-electron chi connectivity index (χ0n) is 26.5. The van der Waals surface area contributed by atoms with Crippen LogP contribution in [0.1, 0.15) is 155 Å². The normalized spacial score (nSPS) is 12.6. The summed E-state index contributed by atoms with van der Waals surface area (Å²) in [6.07, 6.45) is 52.4. The van der Waals surface area contributed by atoms with Crippen molar-refractivity contribution in [3.05, 3.63) is 72.9 Å². The van der Waals surface area contributed by atoms with Gasteiger partial charge in [0.05, 0.1) is 6.61 Å². The van der Waals surface area contributed by atoms with Gasteiger partial charge in [-0.25, -0.2) is 0 Å². The van der Waals surface area contributed by atoms with Crippen molar-refractivity contribution in [1.82, 2.24) is 0 Å². The van der Waals surface area contributed by atoms with Gasteiger partial charge in [0.1, 0.15) is 0 Å². The lowest BCUT2D eigenvalue weighted by atomic mass is 10.1. The minimum absolute atomic E-state index is 0.0431. The second-order valence-corrected chi connectivity index (χ2v) is 10.8. The molecule has 0 rings (SSSR count). The molecular formula is C38H64O2. The molecule has 0 saturated carbocycles. The number of carbonyl (C=O) groups excluding carboxylic acids is 1. The van der Waals surface area contributed by atoms with Gasteiger partial charge in [-0.1, -0.05) is 138 Å². The summed E-state index contributed by atoms with van der Waals surface area (Å²) in [6, 6.07) is 0. The molecule has 0 unspecified atom stereocenters. The number of allylic oxidation sites excluding steroid dienone is 12. The molecule has 0 aliphatic rings. The Hall–Kier alpha value is -2.09. The highest BCUT2D eigenvalue weighted by atomic mass is 16.5. The first-order chi connectivity index (χ1) is 19.8. The maximum atomic E-state index is 11.9. The molecule has 0 saturated heterocycles. The van der Waals surface area contributed by atoms with Crippen molar-refractivity contribution in [2.24, 2.45) is 0 Å². The van der Waals surface area contributed by atoms with Crippen LogP contribution in [-0.2, 0) is 9.53 Å². The zero-order chi connectivity index (χ0) is 29.0. The van der Waals surface area contributed by atoms with Crippen molar-refractivity contribution in [1.29, 1.82) is 0 Å². The maximum Gasteiger partial charge on any atom is 0.305 e. The topological polar surface area (TPSA) is 26.3 Å². The number of ether oxygens (including phenoxy) is 1. The standard InChI is InChI=1S/C38H64O2/c1-3-5-7-9-11-13-15-17-19-21-22-24-26-28-30-32-34-36-38(39)40-37-35-33-31-29-27-25-23-20-18-16-14-12-10-8-6-4-2/h11-14,17-20,22,24,28,30H,3-10,15-16,21,23,25-27,29,31-37H2,1-2H3/b13-11-,14-12-,19-17-,20-18+,24-22-,30-28-. The summed E-state index contributed by atoms with van der Waals surface area (Å²) in [6.45, 7) is 5.08. The molecule has 0 heterocycles. The van der Waals surface area contributed by atoms with Crippen LogP contribution in [0.2, 0.25) is 0 Å². The molecule has 0 amide bonds. The van der Waals surface area contributed by atoms with Gasteiger partial charge in [0.15, 0.2) is 0 Å². The van der Waals surface area contributed by atoms with Crippen molar-refractivity contribution >= 4 is 5.97 Å². The number of hydrogen-bond acceptors (Lipinski definition) is 2. The number of hydrogen-bond donors (Lipinski definition) is 0. The summed E-state index contributed by atoms with van der Waals surface area (Å²) >= 11 is 0. The van der Waals surface area contributed by atoms with Crippen molar-refractivity contribution < 1.29 is 9.53 Å². The van der Waals surface area contributed by atoms with E-state index in [0.717, 1.165) is 51.4 Å². The highest BCUT2D eigenvalue weighted by Gasteiger charge is 2.01. The number of unbranched alkanes of at least 4 members (excludes halogenated alkanes) is 13. The van der Waals surface area contributed by atoms with E-state index in [9.17, 15) is 4.79 Å². The van der Waals surface area contributed by atoms with E-state index in [1.807, 2.05) is 0 Å². The second kappa shape index (κ2) is 34.9. The minimum atomic E-state index is -0.0431. The minimum Gasteiger partial charge on any atom is -0.466 e. The lowest BCUT2D eigenvalue weighted by molar-refractivity contribution is -0.143.